The largest absolute Gasteiger partial charge is 0.367 e. The molecule has 1 unspecified atom stereocenters. The van der Waals surface area contributed by atoms with Gasteiger partial charge in [-0.2, -0.15) is 0 Å². The van der Waals surface area contributed by atoms with E-state index in [2.05, 4.69) is 0 Å². The Morgan fingerprint density at radius 2 is 2.33 bits per heavy atom. The van der Waals surface area contributed by atoms with Gasteiger partial charge in [0.05, 0.1) is 0 Å². The van der Waals surface area contributed by atoms with Crippen LogP contribution in [-0.2, 0) is 9.53 Å². The molecule has 1 aliphatic heterocycles. The Kier molecular flexibility index (Phi) is 2.52. The summed E-state index contributed by atoms with van der Waals surface area (Å²) in [5.74, 6) is 0. The van der Waals surface area contributed by atoms with E-state index in [9.17, 15) is 9.18 Å². The molecule has 0 N–H and O–H groups in total. The van der Waals surface area contributed by atoms with Gasteiger partial charge in [-0.3, -0.25) is 0 Å². The predicted molar refractivity (Wildman–Crippen MR) is 43.8 cm³/mol. The highest BCUT2D eigenvalue weighted by atomic mass is 19.1. The maximum absolute atomic E-state index is 13.2. The molecule has 1 aliphatic rings. The van der Waals surface area contributed by atoms with Gasteiger partial charge in [0, 0.05) is 13.0 Å². The molecule has 0 saturated carbocycles. The molecular weight excluding hydrogens is 159 g/mol. The van der Waals surface area contributed by atoms with E-state index in [-0.39, 0.29) is 6.42 Å². The van der Waals surface area contributed by atoms with Crippen LogP contribution in [0, 0.1) is 0 Å². The maximum atomic E-state index is 13.2. The van der Waals surface area contributed by atoms with E-state index in [1.165, 1.54) is 13.8 Å². The molecule has 2 nitrogen and oxygen atoms in total. The number of carbonyl (C=O) groups excluding carboxylic acids is 1. The van der Waals surface area contributed by atoms with Crippen molar-refractivity contribution in [2.75, 3.05) is 6.61 Å². The highest BCUT2D eigenvalue weighted by Gasteiger charge is 2.40. The van der Waals surface area contributed by atoms with Crippen LogP contribution in [0.1, 0.15) is 33.1 Å². The van der Waals surface area contributed by atoms with E-state index in [0.717, 1.165) is 12.7 Å². The Hall–Kier alpha value is -0.440. The van der Waals surface area contributed by atoms with E-state index in [0.29, 0.717) is 13.0 Å². The number of rotatable bonds is 3. The van der Waals surface area contributed by atoms with Gasteiger partial charge in [-0.05, 0) is 26.7 Å². The number of halogens is 1. The third-order valence-electron chi connectivity index (χ3n) is 2.07. The van der Waals surface area contributed by atoms with Crippen molar-refractivity contribution in [3.05, 3.63) is 0 Å². The summed E-state index contributed by atoms with van der Waals surface area (Å²) in [6.45, 7) is 3.52. The lowest BCUT2D eigenvalue weighted by Gasteiger charge is -2.27. The lowest BCUT2D eigenvalue weighted by molar-refractivity contribution is -0.129. The zero-order chi connectivity index (χ0) is 9.24. The molecule has 0 aromatic carbocycles. The molecule has 70 valence electrons. The Balaban J connectivity index is 2.62. The number of aldehydes is 1. The summed E-state index contributed by atoms with van der Waals surface area (Å²) in [6.07, 6.45) is 2.43. The zero-order valence-electron chi connectivity index (χ0n) is 7.60. The highest BCUT2D eigenvalue weighted by Crippen LogP contribution is 2.33. The first-order chi connectivity index (χ1) is 5.47. The Morgan fingerprint density at radius 3 is 2.67 bits per heavy atom. The van der Waals surface area contributed by atoms with Crippen LogP contribution in [0.4, 0.5) is 4.39 Å². The Bertz CT molecular complexity index is 166. The molecule has 0 radical (unpaired) electrons. The third-order valence-corrected chi connectivity index (χ3v) is 2.07. The normalized spacial score (nSPS) is 30.6. The first-order valence-corrected chi connectivity index (χ1v) is 4.27. The quantitative estimate of drug-likeness (QED) is 0.610. The molecule has 0 aromatic heterocycles. The minimum absolute atomic E-state index is 0.170. The molecule has 0 spiro atoms. The van der Waals surface area contributed by atoms with E-state index < -0.39 is 11.3 Å². The molecule has 12 heavy (non-hydrogen) atoms. The van der Waals surface area contributed by atoms with Crippen LogP contribution in [-0.4, -0.2) is 24.2 Å². The summed E-state index contributed by atoms with van der Waals surface area (Å²) in [5, 5.41) is 0. The van der Waals surface area contributed by atoms with Crippen LogP contribution in [0.5, 0.6) is 0 Å². The van der Waals surface area contributed by atoms with Crippen LogP contribution >= 0.6 is 0 Å². The lowest BCUT2D eigenvalue weighted by atomic mass is 9.89. The van der Waals surface area contributed by atoms with E-state index >= 15 is 0 Å². The first-order valence-electron chi connectivity index (χ1n) is 4.27. The minimum atomic E-state index is -1.33. The van der Waals surface area contributed by atoms with Crippen LogP contribution < -0.4 is 0 Å². The molecule has 3 heteroatoms. The summed E-state index contributed by atoms with van der Waals surface area (Å²) in [7, 11) is 0. The Morgan fingerprint density at radius 1 is 1.67 bits per heavy atom. The zero-order valence-corrected chi connectivity index (χ0v) is 7.60. The number of ether oxygens (including phenoxy) is 1. The van der Waals surface area contributed by atoms with E-state index in [1.807, 2.05) is 0 Å². The number of hydrogen-bond acceptors (Lipinski definition) is 2. The second-order valence-corrected chi connectivity index (χ2v) is 4.03. The van der Waals surface area contributed by atoms with Crippen molar-refractivity contribution in [1.82, 2.24) is 0 Å². The topological polar surface area (TPSA) is 26.3 Å². The predicted octanol–water partition coefficient (Wildman–Crippen LogP) is 1.87. The van der Waals surface area contributed by atoms with Gasteiger partial charge < -0.3 is 9.53 Å². The monoisotopic (exact) mass is 174 g/mol. The van der Waals surface area contributed by atoms with Crippen molar-refractivity contribution < 1.29 is 13.9 Å². The summed E-state index contributed by atoms with van der Waals surface area (Å²) in [6, 6.07) is 0. The molecule has 0 aromatic rings. The molecule has 0 bridgehead atoms. The highest BCUT2D eigenvalue weighted by molar-refractivity contribution is 5.63. The molecule has 0 amide bonds. The van der Waals surface area contributed by atoms with Crippen LogP contribution in [0.25, 0.3) is 0 Å². The van der Waals surface area contributed by atoms with Crippen molar-refractivity contribution in [1.29, 1.82) is 0 Å². The summed E-state index contributed by atoms with van der Waals surface area (Å²) < 4.78 is 18.5. The molecule has 1 fully saturated rings. The van der Waals surface area contributed by atoms with Crippen LogP contribution in [0.15, 0.2) is 0 Å². The summed E-state index contributed by atoms with van der Waals surface area (Å²) >= 11 is 0. The molecule has 1 rings (SSSR count). The number of carbonyl (C=O) groups is 1. The second-order valence-electron chi connectivity index (χ2n) is 4.03. The van der Waals surface area contributed by atoms with Gasteiger partial charge in [0.25, 0.3) is 0 Å². The first kappa shape index (κ1) is 9.65. The van der Waals surface area contributed by atoms with Crippen molar-refractivity contribution in [3.8, 4) is 0 Å². The molecule has 0 aliphatic carbocycles. The fraction of sp³-hybridized carbons (Fsp3) is 0.889. The Labute approximate surface area is 72.1 Å². The van der Waals surface area contributed by atoms with Gasteiger partial charge in [0.15, 0.2) is 6.29 Å². The lowest BCUT2D eigenvalue weighted by Crippen LogP contribution is -2.36. The van der Waals surface area contributed by atoms with Gasteiger partial charge in [-0.15, -0.1) is 0 Å². The van der Waals surface area contributed by atoms with E-state index in [4.69, 9.17) is 4.74 Å². The average molecular weight is 174 g/mol. The fourth-order valence-electron chi connectivity index (χ4n) is 1.70. The maximum Gasteiger partial charge on any atom is 0.151 e. The van der Waals surface area contributed by atoms with Crippen molar-refractivity contribution in [2.45, 2.75) is 44.4 Å². The fourth-order valence-corrected chi connectivity index (χ4v) is 1.70. The summed E-state index contributed by atoms with van der Waals surface area (Å²) in [4.78, 5) is 10.7. The van der Waals surface area contributed by atoms with Crippen LogP contribution in [0.2, 0.25) is 0 Å². The van der Waals surface area contributed by atoms with Gasteiger partial charge in [-0.25, -0.2) is 4.39 Å². The molecule has 1 saturated heterocycles. The minimum Gasteiger partial charge on any atom is -0.367 e. The van der Waals surface area contributed by atoms with Gasteiger partial charge in [0.2, 0.25) is 0 Å². The van der Waals surface area contributed by atoms with E-state index in [1.54, 1.807) is 0 Å². The molecule has 1 heterocycles. The third kappa shape index (κ3) is 2.27. The van der Waals surface area contributed by atoms with Crippen molar-refractivity contribution in [3.63, 3.8) is 0 Å². The SMILES string of the molecule is CC(C)(F)CC1(C=O)CCCO1. The smallest absolute Gasteiger partial charge is 0.151 e. The summed E-state index contributed by atoms with van der Waals surface area (Å²) in [5.41, 5.74) is -2.16. The van der Waals surface area contributed by atoms with Crippen LogP contribution in [0.3, 0.4) is 0 Å². The average Bonchev–Trinajstić information content (AvgIpc) is 2.34. The molecule has 1 atom stereocenters. The van der Waals surface area contributed by atoms with Gasteiger partial charge in [0.1, 0.15) is 11.3 Å². The van der Waals surface area contributed by atoms with Crippen molar-refractivity contribution in [2.24, 2.45) is 0 Å². The van der Waals surface area contributed by atoms with Gasteiger partial charge >= 0.3 is 0 Å². The number of alkyl halides is 1. The standard InChI is InChI=1S/C9H15FO2/c1-8(2,10)6-9(7-11)4-3-5-12-9/h7H,3-6H2,1-2H3. The second kappa shape index (κ2) is 3.13. The van der Waals surface area contributed by atoms with Gasteiger partial charge in [-0.1, -0.05) is 0 Å². The molecular formula is C9H15FO2. The van der Waals surface area contributed by atoms with Crippen molar-refractivity contribution >= 4 is 6.29 Å². The number of hydrogen-bond donors (Lipinski definition) is 0.